The predicted molar refractivity (Wildman–Crippen MR) is 93.5 cm³/mol. The Morgan fingerprint density at radius 3 is 2.44 bits per heavy atom. The van der Waals surface area contributed by atoms with Crippen molar-refractivity contribution in [3.05, 3.63) is 35.9 Å². The second-order valence-electron chi connectivity index (χ2n) is 6.46. The number of hydrogen-bond donors (Lipinski definition) is 0. The fraction of sp³-hybridized carbons (Fsp3) is 0.474. The third kappa shape index (κ3) is 4.24. The van der Waals surface area contributed by atoms with Crippen LogP contribution in [0.25, 0.3) is 0 Å². The largest absolute Gasteiger partial charge is 0.343 e. The third-order valence-electron chi connectivity index (χ3n) is 4.78. The number of nitriles is 1. The molecular formula is C19H22N4O2. The molecule has 2 amide bonds. The molecule has 25 heavy (non-hydrogen) atoms. The molecule has 0 spiro atoms. The van der Waals surface area contributed by atoms with E-state index in [1.165, 1.54) is 5.01 Å². The summed E-state index contributed by atoms with van der Waals surface area (Å²) in [4.78, 5) is 26.3. The van der Waals surface area contributed by atoms with Crippen LogP contribution in [0, 0.1) is 17.2 Å². The summed E-state index contributed by atoms with van der Waals surface area (Å²) in [5.41, 5.74) is 1.95. The van der Waals surface area contributed by atoms with Crippen LogP contribution in [0.1, 0.15) is 37.7 Å². The SMILES string of the molecule is N#CC1CCN(C(=O)CCC(=O)N2CCC(c3ccccc3)=N2)CC1. The molecule has 1 saturated heterocycles. The van der Waals surface area contributed by atoms with Crippen molar-refractivity contribution in [3.8, 4) is 6.07 Å². The minimum Gasteiger partial charge on any atom is -0.343 e. The van der Waals surface area contributed by atoms with Crippen LogP contribution in [0.5, 0.6) is 0 Å². The van der Waals surface area contributed by atoms with Crippen molar-refractivity contribution in [2.24, 2.45) is 11.0 Å². The maximum absolute atomic E-state index is 12.3. The molecule has 130 valence electrons. The highest BCUT2D eigenvalue weighted by atomic mass is 16.2. The summed E-state index contributed by atoms with van der Waals surface area (Å²) in [6.07, 6.45) is 2.59. The Bertz CT molecular complexity index is 700. The van der Waals surface area contributed by atoms with E-state index in [1.807, 2.05) is 30.3 Å². The van der Waals surface area contributed by atoms with Crippen LogP contribution in [0.15, 0.2) is 35.4 Å². The molecule has 0 bridgehead atoms. The van der Waals surface area contributed by atoms with Gasteiger partial charge in [0.15, 0.2) is 0 Å². The molecule has 1 fully saturated rings. The van der Waals surface area contributed by atoms with Crippen LogP contribution < -0.4 is 0 Å². The summed E-state index contributed by atoms with van der Waals surface area (Å²) in [6.45, 7) is 1.81. The lowest BCUT2D eigenvalue weighted by Gasteiger charge is -2.29. The van der Waals surface area contributed by atoms with Crippen molar-refractivity contribution in [1.29, 1.82) is 5.26 Å². The number of amides is 2. The average molecular weight is 338 g/mol. The Kier molecular flexibility index (Phi) is 5.44. The Labute approximate surface area is 147 Å². The number of carbonyl (C=O) groups is 2. The van der Waals surface area contributed by atoms with E-state index in [0.29, 0.717) is 19.6 Å². The second kappa shape index (κ2) is 7.93. The van der Waals surface area contributed by atoms with Gasteiger partial charge in [-0.15, -0.1) is 0 Å². The number of benzene rings is 1. The highest BCUT2D eigenvalue weighted by molar-refractivity contribution is 6.02. The smallest absolute Gasteiger partial charge is 0.243 e. The normalized spacial score (nSPS) is 18.0. The van der Waals surface area contributed by atoms with Gasteiger partial charge in [0.2, 0.25) is 11.8 Å². The van der Waals surface area contributed by atoms with Gasteiger partial charge in [0, 0.05) is 38.3 Å². The van der Waals surface area contributed by atoms with E-state index in [4.69, 9.17) is 5.26 Å². The van der Waals surface area contributed by atoms with Gasteiger partial charge in [-0.1, -0.05) is 30.3 Å². The molecule has 6 nitrogen and oxygen atoms in total. The number of nitrogens with zero attached hydrogens (tertiary/aromatic N) is 4. The summed E-state index contributed by atoms with van der Waals surface area (Å²) < 4.78 is 0. The van der Waals surface area contributed by atoms with Gasteiger partial charge in [0.25, 0.3) is 0 Å². The minimum absolute atomic E-state index is 0.00352. The van der Waals surface area contributed by atoms with Crippen LogP contribution in [-0.4, -0.2) is 47.1 Å². The number of hydrogen-bond acceptors (Lipinski definition) is 4. The summed E-state index contributed by atoms with van der Waals surface area (Å²) in [7, 11) is 0. The van der Waals surface area contributed by atoms with Gasteiger partial charge in [0.05, 0.1) is 18.3 Å². The van der Waals surface area contributed by atoms with Gasteiger partial charge in [-0.25, -0.2) is 5.01 Å². The monoisotopic (exact) mass is 338 g/mol. The highest BCUT2D eigenvalue weighted by Crippen LogP contribution is 2.18. The zero-order chi connectivity index (χ0) is 17.6. The molecule has 0 N–H and O–H groups in total. The van der Waals surface area contributed by atoms with Crippen molar-refractivity contribution in [3.63, 3.8) is 0 Å². The maximum Gasteiger partial charge on any atom is 0.243 e. The van der Waals surface area contributed by atoms with Crippen molar-refractivity contribution in [2.75, 3.05) is 19.6 Å². The van der Waals surface area contributed by atoms with Crippen molar-refractivity contribution < 1.29 is 9.59 Å². The topological polar surface area (TPSA) is 76.8 Å². The minimum atomic E-state index is -0.105. The number of carbonyl (C=O) groups excluding carboxylic acids is 2. The molecule has 6 heteroatoms. The molecule has 2 heterocycles. The van der Waals surface area contributed by atoms with Crippen molar-refractivity contribution in [1.82, 2.24) is 9.91 Å². The number of piperidine rings is 1. The van der Waals surface area contributed by atoms with E-state index in [1.54, 1.807) is 4.90 Å². The van der Waals surface area contributed by atoms with E-state index in [-0.39, 0.29) is 30.6 Å². The van der Waals surface area contributed by atoms with Crippen LogP contribution in [0.2, 0.25) is 0 Å². The first-order valence-electron chi connectivity index (χ1n) is 8.78. The zero-order valence-corrected chi connectivity index (χ0v) is 14.2. The number of rotatable bonds is 4. The molecule has 0 unspecified atom stereocenters. The van der Waals surface area contributed by atoms with Gasteiger partial charge >= 0.3 is 0 Å². The summed E-state index contributed by atoms with van der Waals surface area (Å²) in [5, 5.41) is 14.8. The molecule has 0 radical (unpaired) electrons. The standard InChI is InChI=1S/C19H22N4O2/c20-14-15-8-11-22(12-9-15)18(24)6-7-19(25)23-13-10-17(21-23)16-4-2-1-3-5-16/h1-5,15H,6-13H2. The van der Waals surface area contributed by atoms with Crippen LogP contribution in [-0.2, 0) is 9.59 Å². The average Bonchev–Trinajstić information content (AvgIpc) is 3.17. The lowest BCUT2D eigenvalue weighted by molar-refractivity contribution is -0.137. The Hall–Kier alpha value is -2.68. The van der Waals surface area contributed by atoms with Crippen molar-refractivity contribution >= 4 is 17.5 Å². The van der Waals surface area contributed by atoms with E-state index >= 15 is 0 Å². The Morgan fingerprint density at radius 1 is 1.08 bits per heavy atom. The highest BCUT2D eigenvalue weighted by Gasteiger charge is 2.25. The quantitative estimate of drug-likeness (QED) is 0.844. The molecule has 0 aliphatic carbocycles. The molecular weight excluding hydrogens is 316 g/mol. The van der Waals surface area contributed by atoms with Gasteiger partial charge < -0.3 is 4.90 Å². The second-order valence-corrected chi connectivity index (χ2v) is 6.46. The third-order valence-corrected chi connectivity index (χ3v) is 4.78. The van der Waals surface area contributed by atoms with E-state index in [2.05, 4.69) is 11.2 Å². The molecule has 1 aromatic carbocycles. The fourth-order valence-electron chi connectivity index (χ4n) is 3.23. The summed E-state index contributed by atoms with van der Waals surface area (Å²) in [5.74, 6) is -0.0524. The number of hydrazone groups is 1. The van der Waals surface area contributed by atoms with Crippen LogP contribution >= 0.6 is 0 Å². The Morgan fingerprint density at radius 2 is 1.76 bits per heavy atom. The number of likely N-dealkylation sites (tertiary alicyclic amines) is 1. The van der Waals surface area contributed by atoms with Gasteiger partial charge in [0.1, 0.15) is 0 Å². The van der Waals surface area contributed by atoms with Gasteiger partial charge in [-0.3, -0.25) is 9.59 Å². The van der Waals surface area contributed by atoms with Gasteiger partial charge in [-0.05, 0) is 18.4 Å². The van der Waals surface area contributed by atoms with Crippen LogP contribution in [0.3, 0.4) is 0 Å². The van der Waals surface area contributed by atoms with Crippen molar-refractivity contribution in [2.45, 2.75) is 32.1 Å². The zero-order valence-electron chi connectivity index (χ0n) is 14.2. The lowest BCUT2D eigenvalue weighted by Crippen LogP contribution is -2.38. The van der Waals surface area contributed by atoms with E-state index < -0.39 is 0 Å². The maximum atomic E-state index is 12.3. The van der Waals surface area contributed by atoms with Crippen LogP contribution in [0.4, 0.5) is 0 Å². The first-order valence-corrected chi connectivity index (χ1v) is 8.78. The fourth-order valence-corrected chi connectivity index (χ4v) is 3.23. The Balaban J connectivity index is 1.48. The summed E-state index contributed by atoms with van der Waals surface area (Å²) >= 11 is 0. The molecule has 2 aliphatic rings. The molecule has 2 aliphatic heterocycles. The first kappa shape index (κ1) is 17.2. The molecule has 0 aromatic heterocycles. The summed E-state index contributed by atoms with van der Waals surface area (Å²) in [6, 6.07) is 12.1. The molecule has 1 aromatic rings. The lowest BCUT2D eigenvalue weighted by atomic mass is 9.98. The molecule has 0 atom stereocenters. The predicted octanol–water partition coefficient (Wildman–Crippen LogP) is 2.17. The van der Waals surface area contributed by atoms with E-state index in [0.717, 1.165) is 30.5 Å². The van der Waals surface area contributed by atoms with E-state index in [9.17, 15) is 9.59 Å². The first-order chi connectivity index (χ1) is 12.2. The van der Waals surface area contributed by atoms with Gasteiger partial charge in [-0.2, -0.15) is 10.4 Å². The molecule has 3 rings (SSSR count). The molecule has 0 saturated carbocycles.